The first kappa shape index (κ1) is 26.5. The maximum atomic E-state index is 12.6. The van der Waals surface area contributed by atoms with E-state index in [1.165, 1.54) is 23.5 Å². The molecule has 9 nitrogen and oxygen atoms in total. The monoisotopic (exact) mass is 436 g/mol. The van der Waals surface area contributed by atoms with Crippen LogP contribution in [0.4, 0.5) is 0 Å². The summed E-state index contributed by atoms with van der Waals surface area (Å²) < 4.78 is 0. The molecule has 6 N–H and O–H groups in total. The van der Waals surface area contributed by atoms with Crippen LogP contribution < -0.4 is 21.7 Å². The Hall–Kier alpha value is -1.46. The van der Waals surface area contributed by atoms with Gasteiger partial charge in [0.05, 0.1) is 6.54 Å². The summed E-state index contributed by atoms with van der Waals surface area (Å²) >= 11 is 2.99. The first-order valence-corrected chi connectivity index (χ1v) is 11.8. The molecule has 11 heteroatoms. The van der Waals surface area contributed by atoms with E-state index in [9.17, 15) is 24.3 Å². The molecule has 0 saturated heterocycles. The van der Waals surface area contributed by atoms with Crippen LogP contribution in [-0.4, -0.2) is 77.5 Å². The van der Waals surface area contributed by atoms with Crippen LogP contribution in [0, 0.1) is 5.92 Å². The highest BCUT2D eigenvalue weighted by molar-refractivity contribution is 7.98. The van der Waals surface area contributed by atoms with Gasteiger partial charge in [-0.3, -0.25) is 14.4 Å². The van der Waals surface area contributed by atoms with Gasteiger partial charge in [0, 0.05) is 0 Å². The lowest BCUT2D eigenvalue weighted by Gasteiger charge is -2.26. The minimum absolute atomic E-state index is 0.215. The van der Waals surface area contributed by atoms with Gasteiger partial charge < -0.3 is 26.8 Å². The van der Waals surface area contributed by atoms with E-state index in [1.807, 2.05) is 12.5 Å². The van der Waals surface area contributed by atoms with Gasteiger partial charge >= 0.3 is 5.97 Å². The fourth-order valence-corrected chi connectivity index (χ4v) is 3.24. The zero-order chi connectivity index (χ0) is 21.7. The molecule has 0 aromatic rings. The third-order valence-electron chi connectivity index (χ3n) is 3.92. The fourth-order valence-electron chi connectivity index (χ4n) is 2.30. The molecule has 0 aliphatic rings. The Labute approximate surface area is 174 Å². The quantitative estimate of drug-likeness (QED) is 0.248. The van der Waals surface area contributed by atoms with Crippen LogP contribution in [-0.2, 0) is 19.2 Å². The summed E-state index contributed by atoms with van der Waals surface area (Å²) in [5, 5.41) is 17.0. The molecule has 3 atom stereocenters. The normalized spacial score (nSPS) is 14.1. The molecule has 0 radical (unpaired) electrons. The van der Waals surface area contributed by atoms with E-state index in [2.05, 4.69) is 16.0 Å². The molecule has 0 aromatic heterocycles. The first-order chi connectivity index (χ1) is 13.2. The van der Waals surface area contributed by atoms with Crippen molar-refractivity contribution in [1.82, 2.24) is 16.0 Å². The number of amides is 3. The molecule has 0 aliphatic heterocycles. The number of carboxylic acid groups (broad SMARTS) is 1. The van der Waals surface area contributed by atoms with Crippen molar-refractivity contribution in [3.8, 4) is 0 Å². The van der Waals surface area contributed by atoms with Crippen LogP contribution in [0.2, 0.25) is 0 Å². The molecule has 0 rings (SSSR count). The SMILES string of the molecule is CSCCC(NC(=O)C(CCSC)NC(=O)C(NC(=O)CN)C(C)C)C(=O)O. The van der Waals surface area contributed by atoms with Gasteiger partial charge in [-0.2, -0.15) is 23.5 Å². The number of rotatable bonds is 14. The molecule has 162 valence electrons. The third kappa shape index (κ3) is 10.2. The molecule has 28 heavy (non-hydrogen) atoms. The van der Waals surface area contributed by atoms with Crippen LogP contribution in [0.25, 0.3) is 0 Å². The highest BCUT2D eigenvalue weighted by atomic mass is 32.2. The summed E-state index contributed by atoms with van der Waals surface area (Å²) in [6.07, 6.45) is 4.34. The number of carbonyl (C=O) groups excluding carboxylic acids is 3. The third-order valence-corrected chi connectivity index (χ3v) is 5.21. The molecule has 0 spiro atoms. The standard InChI is InChI=1S/C17H32N4O5S2/c1-10(2)14(21-13(22)9-18)16(24)19-11(5-7-27-3)15(23)20-12(17(25)26)6-8-28-4/h10-12,14H,5-9,18H2,1-4H3,(H,19,24)(H,20,23)(H,21,22)(H,25,26). The summed E-state index contributed by atoms with van der Waals surface area (Å²) in [6, 6.07) is -2.76. The number of nitrogens with two attached hydrogens (primary N) is 1. The Morgan fingerprint density at radius 3 is 1.82 bits per heavy atom. The van der Waals surface area contributed by atoms with E-state index >= 15 is 0 Å². The number of hydrogen-bond donors (Lipinski definition) is 5. The van der Waals surface area contributed by atoms with Gasteiger partial charge in [0.25, 0.3) is 0 Å². The molecule has 3 amide bonds. The largest absolute Gasteiger partial charge is 0.480 e. The average Bonchev–Trinajstić information content (AvgIpc) is 2.65. The molecule has 0 saturated carbocycles. The van der Waals surface area contributed by atoms with Crippen molar-refractivity contribution >= 4 is 47.2 Å². The second-order valence-corrected chi connectivity index (χ2v) is 8.49. The second-order valence-electron chi connectivity index (χ2n) is 6.52. The fraction of sp³-hybridized carbons (Fsp3) is 0.765. The Kier molecular flexibility index (Phi) is 13.8. The minimum atomic E-state index is -1.12. The van der Waals surface area contributed by atoms with Crippen molar-refractivity contribution in [2.24, 2.45) is 11.7 Å². The van der Waals surface area contributed by atoms with Crippen LogP contribution in [0.15, 0.2) is 0 Å². The Bertz CT molecular complexity index is 534. The highest BCUT2D eigenvalue weighted by Crippen LogP contribution is 2.07. The molecule has 0 fully saturated rings. The van der Waals surface area contributed by atoms with Gasteiger partial charge in [-0.1, -0.05) is 13.8 Å². The zero-order valence-corrected chi connectivity index (χ0v) is 18.5. The van der Waals surface area contributed by atoms with Crippen LogP contribution in [0.1, 0.15) is 26.7 Å². The van der Waals surface area contributed by atoms with Crippen LogP contribution in [0.5, 0.6) is 0 Å². The molecule has 0 heterocycles. The molecule has 0 aliphatic carbocycles. The highest BCUT2D eigenvalue weighted by Gasteiger charge is 2.30. The maximum Gasteiger partial charge on any atom is 0.326 e. The minimum Gasteiger partial charge on any atom is -0.480 e. The van der Waals surface area contributed by atoms with Crippen LogP contribution >= 0.6 is 23.5 Å². The van der Waals surface area contributed by atoms with E-state index in [-0.39, 0.29) is 18.9 Å². The molecule has 0 aromatic carbocycles. The number of aliphatic carboxylic acids is 1. The van der Waals surface area contributed by atoms with Crippen molar-refractivity contribution in [2.75, 3.05) is 30.6 Å². The van der Waals surface area contributed by atoms with Crippen molar-refractivity contribution in [2.45, 2.75) is 44.8 Å². The average molecular weight is 437 g/mol. The summed E-state index contributed by atoms with van der Waals surface area (Å²) in [6.45, 7) is 3.28. The summed E-state index contributed by atoms with van der Waals surface area (Å²) in [5.41, 5.74) is 5.29. The Morgan fingerprint density at radius 1 is 0.893 bits per heavy atom. The molecular weight excluding hydrogens is 404 g/mol. The number of carbonyl (C=O) groups is 4. The van der Waals surface area contributed by atoms with E-state index < -0.39 is 41.8 Å². The molecule has 0 bridgehead atoms. The predicted octanol–water partition coefficient (Wildman–Crippen LogP) is -0.354. The van der Waals surface area contributed by atoms with Gasteiger partial charge in [0.2, 0.25) is 17.7 Å². The smallest absolute Gasteiger partial charge is 0.326 e. The second kappa shape index (κ2) is 14.5. The van der Waals surface area contributed by atoms with E-state index in [0.29, 0.717) is 17.9 Å². The van der Waals surface area contributed by atoms with Gasteiger partial charge in [-0.05, 0) is 42.8 Å². The Morgan fingerprint density at radius 2 is 1.39 bits per heavy atom. The lowest BCUT2D eigenvalue weighted by molar-refractivity contribution is -0.142. The Balaban J connectivity index is 5.20. The van der Waals surface area contributed by atoms with Crippen molar-refractivity contribution < 1.29 is 24.3 Å². The van der Waals surface area contributed by atoms with E-state index in [1.54, 1.807) is 13.8 Å². The van der Waals surface area contributed by atoms with Gasteiger partial charge in [0.1, 0.15) is 18.1 Å². The lowest BCUT2D eigenvalue weighted by atomic mass is 10.0. The number of hydrogen-bond acceptors (Lipinski definition) is 7. The number of thioether (sulfide) groups is 2. The van der Waals surface area contributed by atoms with Gasteiger partial charge in [0.15, 0.2) is 0 Å². The molecule has 3 unspecified atom stereocenters. The predicted molar refractivity (Wildman–Crippen MR) is 113 cm³/mol. The topological polar surface area (TPSA) is 151 Å². The van der Waals surface area contributed by atoms with Gasteiger partial charge in [-0.25, -0.2) is 4.79 Å². The molecular formula is C17H32N4O5S2. The summed E-state index contributed by atoms with van der Waals surface area (Å²) in [5.74, 6) is -1.68. The van der Waals surface area contributed by atoms with Gasteiger partial charge in [-0.15, -0.1) is 0 Å². The van der Waals surface area contributed by atoms with Crippen LogP contribution in [0.3, 0.4) is 0 Å². The number of carboxylic acids is 1. The van der Waals surface area contributed by atoms with Crippen molar-refractivity contribution in [3.63, 3.8) is 0 Å². The first-order valence-electron chi connectivity index (χ1n) is 8.98. The zero-order valence-electron chi connectivity index (χ0n) is 16.8. The maximum absolute atomic E-state index is 12.6. The number of nitrogens with one attached hydrogen (secondary N) is 3. The summed E-state index contributed by atoms with van der Waals surface area (Å²) in [4.78, 5) is 48.2. The van der Waals surface area contributed by atoms with Crippen molar-refractivity contribution in [1.29, 1.82) is 0 Å². The van der Waals surface area contributed by atoms with E-state index in [0.717, 1.165) is 0 Å². The van der Waals surface area contributed by atoms with Crippen molar-refractivity contribution in [3.05, 3.63) is 0 Å². The van der Waals surface area contributed by atoms with E-state index in [4.69, 9.17) is 5.73 Å². The summed E-state index contributed by atoms with van der Waals surface area (Å²) in [7, 11) is 0. The lowest BCUT2D eigenvalue weighted by Crippen LogP contribution is -2.57.